The van der Waals surface area contributed by atoms with Crippen molar-refractivity contribution in [2.45, 2.75) is 0 Å². The van der Waals surface area contributed by atoms with Crippen molar-refractivity contribution in [3.8, 4) is 5.75 Å². The van der Waals surface area contributed by atoms with Crippen LogP contribution < -0.4 is 0 Å². The van der Waals surface area contributed by atoms with Crippen molar-refractivity contribution in [3.05, 3.63) is 42.5 Å². The molecule has 1 radical (unpaired) electrons. The van der Waals surface area contributed by atoms with Gasteiger partial charge in [-0.15, -0.1) is 0 Å². The Labute approximate surface area is 120 Å². The normalized spacial score (nSPS) is 9.33. The Morgan fingerprint density at radius 3 is 2.25 bits per heavy atom. The smallest absolute Gasteiger partial charge is 0.123 e. The number of hydrogen-bond donors (Lipinski definition) is 1. The van der Waals surface area contributed by atoms with Gasteiger partial charge in [-0.05, 0) is 11.5 Å². The number of aromatic hydroxyl groups is 1. The minimum Gasteiger partial charge on any atom is -0.507 e. The van der Waals surface area contributed by atoms with Crippen LogP contribution in [0, 0.1) is 0 Å². The Balaban J connectivity index is 0.000000720. The first kappa shape index (κ1) is 10.4. The molecule has 0 fully saturated rings. The fourth-order valence-electron chi connectivity index (χ4n) is 1.21. The maximum absolute atomic E-state index is 9.37. The Hall–Kier alpha value is 0.305. The van der Waals surface area contributed by atoms with E-state index in [2.05, 4.69) is 0 Å². The zero-order chi connectivity index (χ0) is 7.68. The molecule has 2 aromatic carbocycles. The second-order valence-corrected chi connectivity index (χ2v) is 2.50. The number of phenols is 1. The van der Waals surface area contributed by atoms with E-state index in [4.69, 9.17) is 0 Å². The van der Waals surface area contributed by atoms with E-state index in [0.29, 0.717) is 5.75 Å². The van der Waals surface area contributed by atoms with E-state index in [1.807, 2.05) is 36.4 Å². The van der Waals surface area contributed by atoms with Gasteiger partial charge in [0.05, 0.1) is 0 Å². The molecule has 0 aliphatic heterocycles. The van der Waals surface area contributed by atoms with Gasteiger partial charge in [0.1, 0.15) is 5.75 Å². The number of fused-ring (bicyclic) bond motifs is 1. The van der Waals surface area contributed by atoms with Gasteiger partial charge in [-0.2, -0.15) is 0 Å². The van der Waals surface area contributed by atoms with Crippen molar-refractivity contribution in [1.29, 1.82) is 0 Å². The Bertz CT molecular complexity index is 379. The number of benzene rings is 2. The molecule has 0 amide bonds. The standard InChI is InChI=1S/C10H8O.Rb/c11-10-7-3-5-8-4-1-2-6-9(8)10;/h1-7,11H;. The first-order chi connectivity index (χ1) is 5.38. The minimum absolute atomic E-state index is 0. The van der Waals surface area contributed by atoms with Gasteiger partial charge in [-0.1, -0.05) is 36.4 Å². The van der Waals surface area contributed by atoms with Crippen LogP contribution in [0.15, 0.2) is 42.5 Å². The average Bonchev–Trinajstić information content (AvgIpc) is 2.06. The molecule has 55 valence electrons. The summed E-state index contributed by atoms with van der Waals surface area (Å²) in [6.07, 6.45) is 0. The van der Waals surface area contributed by atoms with Gasteiger partial charge in [0.2, 0.25) is 0 Å². The van der Waals surface area contributed by atoms with Crippen LogP contribution in [0.5, 0.6) is 5.75 Å². The molecule has 0 atom stereocenters. The first-order valence-electron chi connectivity index (χ1n) is 3.54. The molecule has 0 bridgehead atoms. The molecule has 0 aliphatic rings. The van der Waals surface area contributed by atoms with Crippen LogP contribution in [-0.2, 0) is 0 Å². The Morgan fingerprint density at radius 2 is 1.50 bits per heavy atom. The van der Waals surface area contributed by atoms with E-state index in [1.165, 1.54) is 0 Å². The maximum Gasteiger partial charge on any atom is 0.123 e. The summed E-state index contributed by atoms with van der Waals surface area (Å²) in [5, 5.41) is 11.4. The summed E-state index contributed by atoms with van der Waals surface area (Å²) >= 11 is 0. The molecular weight excluding hydrogens is 222 g/mol. The van der Waals surface area contributed by atoms with Gasteiger partial charge in [0.15, 0.2) is 0 Å². The molecule has 0 saturated heterocycles. The molecule has 0 aromatic heterocycles. The van der Waals surface area contributed by atoms with Gasteiger partial charge < -0.3 is 5.11 Å². The van der Waals surface area contributed by atoms with Crippen molar-refractivity contribution in [2.75, 3.05) is 0 Å². The number of phenolic OH excluding ortho intramolecular Hbond substituents is 1. The van der Waals surface area contributed by atoms with Crippen molar-refractivity contribution < 1.29 is 5.11 Å². The van der Waals surface area contributed by atoms with Crippen LogP contribution in [0.1, 0.15) is 0 Å². The number of rotatable bonds is 0. The topological polar surface area (TPSA) is 20.2 Å². The molecule has 0 aliphatic carbocycles. The Morgan fingerprint density at radius 1 is 0.833 bits per heavy atom. The van der Waals surface area contributed by atoms with Crippen LogP contribution in [0.25, 0.3) is 10.8 Å². The van der Waals surface area contributed by atoms with Crippen LogP contribution in [0.2, 0.25) is 0 Å². The molecule has 1 nitrogen and oxygen atoms in total. The fourth-order valence-corrected chi connectivity index (χ4v) is 1.21. The molecule has 0 saturated carbocycles. The summed E-state index contributed by atoms with van der Waals surface area (Å²) in [6.45, 7) is 0. The summed E-state index contributed by atoms with van der Waals surface area (Å²) in [5.74, 6) is 0.350. The maximum atomic E-state index is 9.37. The van der Waals surface area contributed by atoms with Crippen LogP contribution in [0.4, 0.5) is 0 Å². The van der Waals surface area contributed by atoms with Crippen molar-refractivity contribution >= 4 is 69.0 Å². The average molecular weight is 230 g/mol. The van der Waals surface area contributed by atoms with E-state index in [0.717, 1.165) is 10.8 Å². The van der Waals surface area contributed by atoms with Gasteiger partial charge >= 0.3 is 0 Å². The van der Waals surface area contributed by atoms with Crippen LogP contribution in [0.3, 0.4) is 0 Å². The molecule has 12 heavy (non-hydrogen) atoms. The van der Waals surface area contributed by atoms with Crippen molar-refractivity contribution in [2.24, 2.45) is 0 Å². The fraction of sp³-hybridized carbons (Fsp3) is 0. The molecule has 0 spiro atoms. The van der Waals surface area contributed by atoms with Gasteiger partial charge in [-0.25, -0.2) is 0 Å². The number of hydrogen-bond acceptors (Lipinski definition) is 1. The van der Waals surface area contributed by atoms with Gasteiger partial charge in [0, 0.05) is 63.6 Å². The first-order valence-corrected chi connectivity index (χ1v) is 3.54. The van der Waals surface area contributed by atoms with E-state index in [9.17, 15) is 5.11 Å². The van der Waals surface area contributed by atoms with E-state index in [-0.39, 0.29) is 58.2 Å². The zero-order valence-corrected chi connectivity index (χ0v) is 11.9. The Kier molecular flexibility index (Phi) is 3.91. The quantitative estimate of drug-likeness (QED) is 0.734. The third-order valence-corrected chi connectivity index (χ3v) is 1.77. The van der Waals surface area contributed by atoms with Crippen LogP contribution >= 0.6 is 0 Å². The van der Waals surface area contributed by atoms with E-state index in [1.54, 1.807) is 6.07 Å². The third-order valence-electron chi connectivity index (χ3n) is 1.77. The van der Waals surface area contributed by atoms with Crippen LogP contribution in [-0.4, -0.2) is 63.3 Å². The summed E-state index contributed by atoms with van der Waals surface area (Å²) in [7, 11) is 0. The summed E-state index contributed by atoms with van der Waals surface area (Å²) in [4.78, 5) is 0. The summed E-state index contributed by atoms with van der Waals surface area (Å²) in [6, 6.07) is 13.3. The van der Waals surface area contributed by atoms with Crippen molar-refractivity contribution in [1.82, 2.24) is 0 Å². The molecular formula is C10H8ORb. The molecule has 0 unspecified atom stereocenters. The predicted octanol–water partition coefficient (Wildman–Crippen LogP) is 2.16. The molecule has 1 N–H and O–H groups in total. The second-order valence-electron chi connectivity index (χ2n) is 2.50. The minimum atomic E-state index is 0. The van der Waals surface area contributed by atoms with E-state index >= 15 is 0 Å². The monoisotopic (exact) mass is 229 g/mol. The van der Waals surface area contributed by atoms with E-state index < -0.39 is 0 Å². The molecule has 2 heteroatoms. The predicted molar refractivity (Wildman–Crippen MR) is 51.4 cm³/mol. The summed E-state index contributed by atoms with van der Waals surface area (Å²) < 4.78 is 0. The molecule has 2 aromatic rings. The molecule has 2 rings (SSSR count). The molecule has 0 heterocycles. The largest absolute Gasteiger partial charge is 0.507 e. The third kappa shape index (κ3) is 1.97. The second kappa shape index (κ2) is 4.52. The SMILES string of the molecule is Oc1cccc2ccccc12.[Rb]. The van der Waals surface area contributed by atoms with Crippen molar-refractivity contribution in [3.63, 3.8) is 0 Å². The zero-order valence-electron chi connectivity index (χ0n) is 6.99. The van der Waals surface area contributed by atoms with Gasteiger partial charge in [0.25, 0.3) is 0 Å². The summed E-state index contributed by atoms with van der Waals surface area (Å²) in [5.41, 5.74) is 0. The van der Waals surface area contributed by atoms with Gasteiger partial charge in [-0.3, -0.25) is 0 Å².